The minimum absolute atomic E-state index is 0.235. The van der Waals surface area contributed by atoms with Crippen LogP contribution in [-0.2, 0) is 14.3 Å². The van der Waals surface area contributed by atoms with Gasteiger partial charge in [-0.25, -0.2) is 0 Å². The van der Waals surface area contributed by atoms with Crippen LogP contribution in [0.15, 0.2) is 65.1 Å². The highest BCUT2D eigenvalue weighted by molar-refractivity contribution is 5.75. The highest BCUT2D eigenvalue weighted by Crippen LogP contribution is 2.55. The normalized spacial score (nSPS) is 25.2. The first kappa shape index (κ1) is 28.3. The zero-order valence-electron chi connectivity index (χ0n) is 23.2. The average molecular weight is 557 g/mol. The summed E-state index contributed by atoms with van der Waals surface area (Å²) in [4.78, 5) is 13.5. The third-order valence-electron chi connectivity index (χ3n) is 7.82. The number of aryl methyl sites for hydroxylation is 1. The van der Waals surface area contributed by atoms with Gasteiger partial charge in [-0.1, -0.05) is 30.3 Å². The van der Waals surface area contributed by atoms with Crippen LogP contribution >= 0.6 is 0 Å². The Morgan fingerprint density at radius 1 is 1.02 bits per heavy atom. The van der Waals surface area contributed by atoms with Gasteiger partial charge in [0, 0.05) is 17.4 Å². The molecule has 0 radical (unpaired) electrons. The number of furan rings is 1. The first-order valence-corrected chi connectivity index (χ1v) is 13.7. The zero-order valence-corrected chi connectivity index (χ0v) is 23.2. The number of benzene rings is 2. The summed E-state index contributed by atoms with van der Waals surface area (Å²) in [5.74, 6) is -0.160. The van der Waals surface area contributed by atoms with E-state index in [1.807, 2.05) is 70.2 Å². The van der Waals surface area contributed by atoms with E-state index in [4.69, 9.17) is 13.9 Å². The van der Waals surface area contributed by atoms with E-state index in [-0.39, 0.29) is 23.6 Å². The van der Waals surface area contributed by atoms with Gasteiger partial charge in [-0.3, -0.25) is 4.79 Å². The predicted octanol–water partition coefficient (Wildman–Crippen LogP) is 8.32. The number of carbonyl (C=O) groups is 1. The Kier molecular flexibility index (Phi) is 7.50. The number of hydrogen-bond donors (Lipinski definition) is 0. The number of esters is 1. The SMILES string of the molecule is Cc1ccc(-c2ccc(OC(F)(F)F)cc2[C@@H]2CO[C@]3(CCCC(C(=O)OC(C)(C)C)[C@H]3c3ccccc3)C2)o1. The molecule has 5 nitrogen and oxygen atoms in total. The summed E-state index contributed by atoms with van der Waals surface area (Å²) in [5, 5.41) is 0. The summed E-state index contributed by atoms with van der Waals surface area (Å²) >= 11 is 0. The molecular formula is C32H35F3O5. The van der Waals surface area contributed by atoms with Gasteiger partial charge in [-0.15, -0.1) is 13.2 Å². The molecule has 1 spiro atoms. The number of carbonyl (C=O) groups excluding carboxylic acids is 1. The molecule has 1 saturated carbocycles. The van der Waals surface area contributed by atoms with Crippen LogP contribution < -0.4 is 4.74 Å². The molecule has 8 heteroatoms. The smallest absolute Gasteiger partial charge is 0.461 e. The maximum absolute atomic E-state index is 13.5. The van der Waals surface area contributed by atoms with Crippen LogP contribution in [0.4, 0.5) is 13.2 Å². The number of alkyl halides is 3. The lowest BCUT2D eigenvalue weighted by molar-refractivity contribution is -0.274. The summed E-state index contributed by atoms with van der Waals surface area (Å²) in [7, 11) is 0. The Balaban J connectivity index is 1.54. The molecule has 2 heterocycles. The summed E-state index contributed by atoms with van der Waals surface area (Å²) < 4.78 is 62.1. The highest BCUT2D eigenvalue weighted by Gasteiger charge is 2.54. The largest absolute Gasteiger partial charge is 0.573 e. The molecule has 1 aromatic heterocycles. The monoisotopic (exact) mass is 556 g/mol. The molecule has 0 N–H and O–H groups in total. The van der Waals surface area contributed by atoms with Gasteiger partial charge in [0.15, 0.2) is 0 Å². The molecule has 1 saturated heterocycles. The molecule has 2 aromatic carbocycles. The van der Waals surface area contributed by atoms with Crippen LogP contribution in [0.2, 0.25) is 0 Å². The van der Waals surface area contributed by atoms with Crippen molar-refractivity contribution in [1.82, 2.24) is 0 Å². The third-order valence-corrected chi connectivity index (χ3v) is 7.82. The van der Waals surface area contributed by atoms with Gasteiger partial charge >= 0.3 is 12.3 Å². The molecule has 1 unspecified atom stereocenters. The van der Waals surface area contributed by atoms with Crippen molar-refractivity contribution in [1.29, 1.82) is 0 Å². The topological polar surface area (TPSA) is 57.9 Å². The standard InChI is InChI=1S/C32H35F3O5/c1-20-12-15-27(38-20)24-14-13-23(39-32(33,34)35)17-26(24)22-18-31(37-19-22)16-8-11-25(29(36)40-30(2,3)4)28(31)21-9-6-5-7-10-21/h5-7,9-10,12-15,17,22,25,28H,8,11,16,18-19H2,1-4H3/t22-,25?,28+,31+/m0/s1. The molecule has 1 aliphatic heterocycles. The van der Waals surface area contributed by atoms with Crippen molar-refractivity contribution < 1.29 is 36.6 Å². The molecule has 0 bridgehead atoms. The molecule has 3 aromatic rings. The van der Waals surface area contributed by atoms with Crippen molar-refractivity contribution in [2.45, 2.75) is 82.8 Å². The van der Waals surface area contributed by atoms with E-state index in [0.29, 0.717) is 42.1 Å². The van der Waals surface area contributed by atoms with Crippen LogP contribution in [0, 0.1) is 12.8 Å². The Morgan fingerprint density at radius 3 is 2.42 bits per heavy atom. The highest BCUT2D eigenvalue weighted by atomic mass is 19.4. The average Bonchev–Trinajstić information content (AvgIpc) is 3.49. The van der Waals surface area contributed by atoms with E-state index in [0.717, 1.165) is 18.4 Å². The molecule has 0 amide bonds. The van der Waals surface area contributed by atoms with Gasteiger partial charge in [0.05, 0.1) is 18.1 Å². The van der Waals surface area contributed by atoms with E-state index in [2.05, 4.69) is 4.74 Å². The van der Waals surface area contributed by atoms with Crippen molar-refractivity contribution >= 4 is 5.97 Å². The number of rotatable bonds is 5. The number of ether oxygens (including phenoxy) is 3. The molecule has 2 fully saturated rings. The fourth-order valence-corrected chi connectivity index (χ4v) is 6.41. The molecular weight excluding hydrogens is 521 g/mol. The minimum Gasteiger partial charge on any atom is -0.461 e. The third kappa shape index (κ3) is 6.07. The lowest BCUT2D eigenvalue weighted by Gasteiger charge is -2.45. The molecule has 5 rings (SSSR count). The maximum Gasteiger partial charge on any atom is 0.573 e. The van der Waals surface area contributed by atoms with Crippen molar-refractivity contribution in [3.05, 3.63) is 77.6 Å². The lowest BCUT2D eigenvalue weighted by Crippen LogP contribution is -2.47. The fraction of sp³-hybridized carbons (Fsp3) is 0.469. The van der Waals surface area contributed by atoms with Crippen molar-refractivity contribution in [2.75, 3.05) is 6.61 Å². The van der Waals surface area contributed by atoms with E-state index >= 15 is 0 Å². The fourth-order valence-electron chi connectivity index (χ4n) is 6.41. The van der Waals surface area contributed by atoms with Gasteiger partial charge in [0.2, 0.25) is 0 Å². The van der Waals surface area contributed by atoms with Crippen molar-refractivity contribution in [3.8, 4) is 17.1 Å². The molecule has 40 heavy (non-hydrogen) atoms. The summed E-state index contributed by atoms with van der Waals surface area (Å²) in [5.41, 5.74) is 1.05. The Morgan fingerprint density at radius 2 is 1.77 bits per heavy atom. The second-order valence-electron chi connectivity index (χ2n) is 11.9. The summed E-state index contributed by atoms with van der Waals surface area (Å²) in [6.45, 7) is 7.69. The van der Waals surface area contributed by atoms with Crippen LogP contribution in [0.25, 0.3) is 11.3 Å². The van der Waals surface area contributed by atoms with Gasteiger partial charge in [0.1, 0.15) is 22.9 Å². The molecule has 214 valence electrons. The molecule has 4 atom stereocenters. The van der Waals surface area contributed by atoms with E-state index in [1.165, 1.54) is 12.1 Å². The summed E-state index contributed by atoms with van der Waals surface area (Å²) in [6.07, 6.45) is -2.09. The number of hydrogen-bond acceptors (Lipinski definition) is 5. The Hall–Kier alpha value is -3.26. The van der Waals surface area contributed by atoms with Gasteiger partial charge in [0.25, 0.3) is 0 Å². The second-order valence-corrected chi connectivity index (χ2v) is 11.9. The van der Waals surface area contributed by atoms with Gasteiger partial charge in [-0.05, 0) is 94.8 Å². The second kappa shape index (κ2) is 10.6. The molecule has 1 aliphatic carbocycles. The van der Waals surface area contributed by atoms with Gasteiger partial charge in [-0.2, -0.15) is 0 Å². The van der Waals surface area contributed by atoms with Crippen molar-refractivity contribution in [2.24, 2.45) is 5.92 Å². The first-order chi connectivity index (χ1) is 18.8. The van der Waals surface area contributed by atoms with Crippen LogP contribution in [0.3, 0.4) is 0 Å². The van der Waals surface area contributed by atoms with Crippen molar-refractivity contribution in [3.63, 3.8) is 0 Å². The first-order valence-electron chi connectivity index (χ1n) is 13.7. The number of halogens is 3. The maximum atomic E-state index is 13.5. The minimum atomic E-state index is -4.81. The van der Waals surface area contributed by atoms with E-state index < -0.39 is 23.5 Å². The van der Waals surface area contributed by atoms with Crippen LogP contribution in [0.5, 0.6) is 5.75 Å². The van der Waals surface area contributed by atoms with E-state index in [9.17, 15) is 18.0 Å². The quantitative estimate of drug-likeness (QED) is 0.296. The molecule has 2 aliphatic rings. The Bertz CT molecular complexity index is 1340. The van der Waals surface area contributed by atoms with E-state index in [1.54, 1.807) is 6.07 Å². The Labute approximate surface area is 232 Å². The zero-order chi connectivity index (χ0) is 28.7. The van der Waals surface area contributed by atoms with Gasteiger partial charge < -0.3 is 18.6 Å². The van der Waals surface area contributed by atoms with Crippen LogP contribution in [0.1, 0.15) is 75.2 Å². The summed E-state index contributed by atoms with van der Waals surface area (Å²) in [6, 6.07) is 17.9. The lowest BCUT2D eigenvalue weighted by atomic mass is 9.63. The predicted molar refractivity (Wildman–Crippen MR) is 144 cm³/mol. The van der Waals surface area contributed by atoms with Crippen LogP contribution in [-0.4, -0.2) is 30.1 Å².